The van der Waals surface area contributed by atoms with Gasteiger partial charge in [0.25, 0.3) is 0 Å². The average Bonchev–Trinajstić information content (AvgIpc) is 2.84. The van der Waals surface area contributed by atoms with Gasteiger partial charge in [-0.2, -0.15) is 9.97 Å². The number of rotatable bonds is 7. The predicted octanol–water partition coefficient (Wildman–Crippen LogP) is 5.01. The second-order valence-electron chi connectivity index (χ2n) is 9.86. The number of halogens is 1. The minimum Gasteiger partial charge on any atom is -0.362 e. The van der Waals surface area contributed by atoms with Gasteiger partial charge in [0.15, 0.2) is 5.11 Å². The van der Waals surface area contributed by atoms with Crippen LogP contribution < -0.4 is 20.4 Å². The van der Waals surface area contributed by atoms with E-state index in [1.165, 1.54) is 37.8 Å². The molecule has 4 rings (SSSR count). The third kappa shape index (κ3) is 7.01. The van der Waals surface area contributed by atoms with Crippen molar-refractivity contribution in [3.63, 3.8) is 0 Å². The van der Waals surface area contributed by atoms with Crippen molar-refractivity contribution in [2.24, 2.45) is 11.8 Å². The first-order valence-corrected chi connectivity index (χ1v) is 13.1. The maximum atomic E-state index is 13.1. The monoisotopic (exact) mass is 484 g/mol. The molecule has 184 valence electrons. The highest BCUT2D eigenvalue weighted by molar-refractivity contribution is 7.80. The first-order valence-electron chi connectivity index (χ1n) is 12.6. The summed E-state index contributed by atoms with van der Waals surface area (Å²) in [6.07, 6.45) is 6.54. The van der Waals surface area contributed by atoms with Crippen LogP contribution in [0.4, 0.5) is 22.0 Å². The standard InChI is InChI=1S/C26H37FN6S/c1-19-9-14-32(15-10-19)23-18-24(33-16-11-20(2)12-17-33)30-25(29-23)31-26(34)28-13-3-4-21-5-7-22(27)8-6-21/h5-8,18-20H,3-4,9-17H2,1-2H3,(H2,28,29,30,31,34). The van der Waals surface area contributed by atoms with Gasteiger partial charge in [0, 0.05) is 38.8 Å². The SMILES string of the molecule is CC1CCN(c2cc(N3CCC(C)CC3)nc(NC(=S)NCCCc3ccc(F)cc3)n2)CC1. The van der Waals surface area contributed by atoms with Crippen LogP contribution >= 0.6 is 12.2 Å². The zero-order valence-corrected chi connectivity index (χ0v) is 21.2. The van der Waals surface area contributed by atoms with Gasteiger partial charge in [-0.15, -0.1) is 0 Å². The third-order valence-corrected chi connectivity index (χ3v) is 7.23. The number of aromatic nitrogens is 2. The molecule has 0 amide bonds. The molecule has 0 unspecified atom stereocenters. The van der Waals surface area contributed by atoms with E-state index in [0.717, 1.165) is 74.6 Å². The molecule has 3 heterocycles. The summed E-state index contributed by atoms with van der Waals surface area (Å²) in [5, 5.41) is 7.01. The molecule has 0 spiro atoms. The maximum Gasteiger partial charge on any atom is 0.232 e. The fourth-order valence-electron chi connectivity index (χ4n) is 4.57. The van der Waals surface area contributed by atoms with E-state index in [2.05, 4.69) is 40.3 Å². The van der Waals surface area contributed by atoms with Crippen molar-refractivity contribution >= 4 is 34.9 Å². The van der Waals surface area contributed by atoms with Gasteiger partial charge in [-0.25, -0.2) is 4.39 Å². The largest absolute Gasteiger partial charge is 0.362 e. The summed E-state index contributed by atoms with van der Waals surface area (Å²) in [5.74, 6) is 3.86. The van der Waals surface area contributed by atoms with Crippen LogP contribution in [0.25, 0.3) is 0 Å². The van der Waals surface area contributed by atoms with Crippen LogP contribution in [0.3, 0.4) is 0 Å². The highest BCUT2D eigenvalue weighted by Gasteiger charge is 2.22. The average molecular weight is 485 g/mol. The summed E-state index contributed by atoms with van der Waals surface area (Å²) >= 11 is 5.53. The number of nitrogens with zero attached hydrogens (tertiary/aromatic N) is 4. The van der Waals surface area contributed by atoms with Crippen molar-refractivity contribution < 1.29 is 4.39 Å². The van der Waals surface area contributed by atoms with Gasteiger partial charge in [0.05, 0.1) is 0 Å². The number of anilines is 3. The Morgan fingerprint density at radius 2 is 1.47 bits per heavy atom. The van der Waals surface area contributed by atoms with E-state index in [0.29, 0.717) is 11.1 Å². The van der Waals surface area contributed by atoms with Crippen LogP contribution in [-0.4, -0.2) is 47.8 Å². The lowest BCUT2D eigenvalue weighted by Gasteiger charge is -2.34. The number of benzene rings is 1. The first-order chi connectivity index (χ1) is 16.5. The Labute approximate surface area is 208 Å². The zero-order valence-electron chi connectivity index (χ0n) is 20.4. The molecular formula is C26H37FN6S. The van der Waals surface area contributed by atoms with Crippen molar-refractivity contribution in [3.8, 4) is 0 Å². The molecule has 0 aliphatic carbocycles. The van der Waals surface area contributed by atoms with Gasteiger partial charge in [-0.05, 0) is 80.3 Å². The Bertz CT molecular complexity index is 897. The van der Waals surface area contributed by atoms with E-state index in [9.17, 15) is 4.39 Å². The van der Waals surface area contributed by atoms with E-state index in [1.807, 2.05) is 12.1 Å². The van der Waals surface area contributed by atoms with Crippen LogP contribution in [0.15, 0.2) is 30.3 Å². The first kappa shape index (κ1) is 24.6. The highest BCUT2D eigenvalue weighted by Crippen LogP contribution is 2.28. The molecule has 2 fully saturated rings. The number of piperidine rings is 2. The number of aryl methyl sites for hydroxylation is 1. The Kier molecular flexibility index (Phi) is 8.53. The van der Waals surface area contributed by atoms with Gasteiger partial charge < -0.3 is 20.4 Å². The Hall–Kier alpha value is -2.48. The summed E-state index contributed by atoms with van der Waals surface area (Å²) in [6, 6.07) is 8.81. The molecule has 34 heavy (non-hydrogen) atoms. The maximum absolute atomic E-state index is 13.1. The van der Waals surface area contributed by atoms with Crippen molar-refractivity contribution in [1.29, 1.82) is 0 Å². The van der Waals surface area contributed by atoms with Gasteiger partial charge in [0.2, 0.25) is 5.95 Å². The molecule has 2 aliphatic heterocycles. The lowest BCUT2D eigenvalue weighted by Crippen LogP contribution is -2.36. The van der Waals surface area contributed by atoms with Crippen molar-refractivity contribution in [1.82, 2.24) is 15.3 Å². The molecular weight excluding hydrogens is 447 g/mol. The molecule has 6 nitrogen and oxygen atoms in total. The van der Waals surface area contributed by atoms with Gasteiger partial charge in [-0.3, -0.25) is 0 Å². The summed E-state index contributed by atoms with van der Waals surface area (Å²) in [7, 11) is 0. The summed E-state index contributed by atoms with van der Waals surface area (Å²) in [6.45, 7) is 9.49. The summed E-state index contributed by atoms with van der Waals surface area (Å²) < 4.78 is 13.1. The van der Waals surface area contributed by atoms with Crippen molar-refractivity contribution in [3.05, 3.63) is 41.7 Å². The van der Waals surface area contributed by atoms with E-state index in [1.54, 1.807) is 0 Å². The molecule has 0 saturated carbocycles. The van der Waals surface area contributed by atoms with Gasteiger partial charge >= 0.3 is 0 Å². The van der Waals surface area contributed by atoms with Crippen LogP contribution in [-0.2, 0) is 6.42 Å². The molecule has 1 aromatic carbocycles. The van der Waals surface area contributed by atoms with Gasteiger partial charge in [0.1, 0.15) is 17.5 Å². The number of thiocarbonyl (C=S) groups is 1. The molecule has 2 N–H and O–H groups in total. The van der Waals surface area contributed by atoms with E-state index in [4.69, 9.17) is 22.2 Å². The molecule has 8 heteroatoms. The second kappa shape index (κ2) is 11.8. The Balaban J connectivity index is 1.37. The normalized spacial score (nSPS) is 17.6. The van der Waals surface area contributed by atoms with E-state index in [-0.39, 0.29) is 5.82 Å². The van der Waals surface area contributed by atoms with E-state index >= 15 is 0 Å². The topological polar surface area (TPSA) is 56.3 Å². The van der Waals surface area contributed by atoms with Crippen LogP contribution in [0.1, 0.15) is 51.5 Å². The molecule has 0 radical (unpaired) electrons. The number of hydrogen-bond donors (Lipinski definition) is 2. The van der Waals surface area contributed by atoms with E-state index < -0.39 is 0 Å². The van der Waals surface area contributed by atoms with Crippen LogP contribution in [0, 0.1) is 17.7 Å². The summed E-state index contributed by atoms with van der Waals surface area (Å²) in [5.41, 5.74) is 1.12. The Morgan fingerprint density at radius 1 is 0.941 bits per heavy atom. The minimum absolute atomic E-state index is 0.202. The molecule has 1 aromatic heterocycles. The van der Waals surface area contributed by atoms with Crippen molar-refractivity contribution in [2.75, 3.05) is 47.8 Å². The fourth-order valence-corrected chi connectivity index (χ4v) is 4.76. The minimum atomic E-state index is -0.202. The summed E-state index contributed by atoms with van der Waals surface area (Å²) in [4.78, 5) is 14.4. The second-order valence-corrected chi connectivity index (χ2v) is 10.3. The lowest BCUT2D eigenvalue weighted by atomic mass is 9.99. The molecule has 0 bridgehead atoms. The van der Waals surface area contributed by atoms with Gasteiger partial charge in [-0.1, -0.05) is 26.0 Å². The fraction of sp³-hybridized carbons (Fsp3) is 0.577. The van der Waals surface area contributed by atoms with Crippen LogP contribution in [0.5, 0.6) is 0 Å². The number of nitrogens with one attached hydrogen (secondary N) is 2. The quantitative estimate of drug-likeness (QED) is 0.423. The predicted molar refractivity (Wildman–Crippen MR) is 142 cm³/mol. The molecule has 0 atom stereocenters. The van der Waals surface area contributed by atoms with Crippen molar-refractivity contribution in [2.45, 2.75) is 52.4 Å². The molecule has 2 aliphatic rings. The smallest absolute Gasteiger partial charge is 0.232 e. The number of hydrogen-bond acceptors (Lipinski definition) is 5. The highest BCUT2D eigenvalue weighted by atomic mass is 32.1. The third-order valence-electron chi connectivity index (χ3n) is 6.98. The van der Waals surface area contributed by atoms with Crippen LogP contribution in [0.2, 0.25) is 0 Å². The zero-order chi connectivity index (χ0) is 23.9. The lowest BCUT2D eigenvalue weighted by molar-refractivity contribution is 0.433. The molecule has 2 saturated heterocycles. The Morgan fingerprint density at radius 3 is 2.00 bits per heavy atom. The molecule has 2 aromatic rings.